The number of aliphatic hydroxyl groups excluding tert-OH is 1. The lowest BCUT2D eigenvalue weighted by Gasteiger charge is -2.21. The number of ether oxygens (including phenoxy) is 4. The molecule has 0 saturated heterocycles. The molecule has 0 spiro atoms. The number of rotatable bonds is 71. The number of phosphoric acid groups is 2. The van der Waals surface area contributed by atoms with E-state index in [2.05, 4.69) is 143 Å². The first-order chi connectivity index (χ1) is 49.7. The van der Waals surface area contributed by atoms with Gasteiger partial charge in [0, 0.05) is 19.3 Å². The molecule has 0 aromatic carbocycles. The number of hydrogen-bond acceptors (Lipinski definition) is 15. The minimum absolute atomic E-state index is 0.0114. The molecule has 0 heterocycles. The van der Waals surface area contributed by atoms with Crippen LogP contribution in [0.15, 0.2) is 158 Å². The fraction of sp³-hybridized carbons (Fsp3) is 0.639. The fourth-order valence-electron chi connectivity index (χ4n) is 9.70. The highest BCUT2D eigenvalue weighted by atomic mass is 31.2. The second-order valence-corrected chi connectivity index (χ2v) is 28.1. The van der Waals surface area contributed by atoms with Crippen molar-refractivity contribution < 1.29 is 80.2 Å². The van der Waals surface area contributed by atoms with Crippen LogP contribution < -0.4 is 0 Å². The lowest BCUT2D eigenvalue weighted by atomic mass is 10.0. The van der Waals surface area contributed by atoms with Gasteiger partial charge in [0.2, 0.25) is 0 Å². The second-order valence-electron chi connectivity index (χ2n) is 25.2. The van der Waals surface area contributed by atoms with Crippen LogP contribution in [0.5, 0.6) is 0 Å². The summed E-state index contributed by atoms with van der Waals surface area (Å²) in [4.78, 5) is 72.8. The zero-order chi connectivity index (χ0) is 74.6. The Morgan fingerprint density at radius 1 is 0.294 bits per heavy atom. The molecule has 0 fully saturated rings. The van der Waals surface area contributed by atoms with Gasteiger partial charge in [-0.1, -0.05) is 295 Å². The lowest BCUT2D eigenvalue weighted by Crippen LogP contribution is -2.30. The Morgan fingerprint density at radius 3 is 0.951 bits per heavy atom. The van der Waals surface area contributed by atoms with Crippen molar-refractivity contribution in [3.63, 3.8) is 0 Å². The SMILES string of the molecule is CC/C=C\C/C=C\C/C=C\C/C=C\C/C=C\C/C=C\CCC(=O)OCC(COP(=O)(O)OCC(O)COP(=O)(O)OCC(COC(=O)CCCCCCC/C=C\C/C=C\CCCCC)OC(=O)CCCCCCCCCCCCCCC)OC(=O)C/C=C\C/C=C\C/C=C\C/C=C\C/C=C\CC. The maximum atomic E-state index is 13.1. The molecule has 5 atom stereocenters. The highest BCUT2D eigenvalue weighted by molar-refractivity contribution is 7.47. The van der Waals surface area contributed by atoms with E-state index in [9.17, 15) is 43.2 Å². The number of esters is 4. The fourth-order valence-corrected chi connectivity index (χ4v) is 11.3. The Kier molecular flexibility index (Phi) is 70.1. The number of unbranched alkanes of at least 4 members (excludes halogenated alkanes) is 20. The molecule has 102 heavy (non-hydrogen) atoms. The van der Waals surface area contributed by atoms with E-state index in [1.807, 2.05) is 30.4 Å². The first kappa shape index (κ1) is 96.7. The van der Waals surface area contributed by atoms with Gasteiger partial charge in [0.1, 0.15) is 19.3 Å². The minimum atomic E-state index is -5.02. The van der Waals surface area contributed by atoms with Crippen LogP contribution in [0.2, 0.25) is 0 Å². The average molecular weight is 1470 g/mol. The van der Waals surface area contributed by atoms with E-state index in [0.29, 0.717) is 32.1 Å². The number of hydrogen-bond donors (Lipinski definition) is 3. The van der Waals surface area contributed by atoms with Gasteiger partial charge >= 0.3 is 39.5 Å². The minimum Gasteiger partial charge on any atom is -0.462 e. The van der Waals surface area contributed by atoms with Crippen LogP contribution in [0.1, 0.15) is 285 Å². The van der Waals surface area contributed by atoms with Crippen LogP contribution in [0, 0.1) is 0 Å². The summed E-state index contributed by atoms with van der Waals surface area (Å²) in [7, 11) is -10.0. The van der Waals surface area contributed by atoms with E-state index >= 15 is 0 Å². The lowest BCUT2D eigenvalue weighted by molar-refractivity contribution is -0.161. The van der Waals surface area contributed by atoms with Crippen LogP contribution in [-0.2, 0) is 65.4 Å². The molecule has 0 aliphatic carbocycles. The molecule has 0 radical (unpaired) electrons. The third-order valence-electron chi connectivity index (χ3n) is 15.5. The van der Waals surface area contributed by atoms with Crippen molar-refractivity contribution in [1.29, 1.82) is 0 Å². The van der Waals surface area contributed by atoms with Crippen molar-refractivity contribution in [2.24, 2.45) is 0 Å². The molecule has 0 amide bonds. The van der Waals surface area contributed by atoms with E-state index in [-0.39, 0.29) is 25.7 Å². The van der Waals surface area contributed by atoms with E-state index in [0.717, 1.165) is 128 Å². The highest BCUT2D eigenvalue weighted by Gasteiger charge is 2.30. The molecule has 0 aliphatic heterocycles. The maximum Gasteiger partial charge on any atom is 0.472 e. The number of aliphatic hydroxyl groups is 1. The summed E-state index contributed by atoms with van der Waals surface area (Å²) in [6.45, 7) is 4.39. The summed E-state index contributed by atoms with van der Waals surface area (Å²) in [5.41, 5.74) is 0. The zero-order valence-corrected chi connectivity index (χ0v) is 65.0. The van der Waals surface area contributed by atoms with Gasteiger partial charge in [-0.25, -0.2) is 9.13 Å². The van der Waals surface area contributed by atoms with Gasteiger partial charge in [-0.3, -0.25) is 37.3 Å². The van der Waals surface area contributed by atoms with E-state index < -0.39 is 97.5 Å². The summed E-state index contributed by atoms with van der Waals surface area (Å²) in [5, 5.41) is 10.6. The third kappa shape index (κ3) is 73.0. The van der Waals surface area contributed by atoms with Crippen molar-refractivity contribution >= 4 is 39.5 Å². The van der Waals surface area contributed by atoms with Gasteiger partial charge in [-0.05, 0) is 122 Å². The molecule has 19 heteroatoms. The summed E-state index contributed by atoms with van der Waals surface area (Å²) in [5.74, 6) is -2.44. The zero-order valence-electron chi connectivity index (χ0n) is 63.2. The number of carbonyl (C=O) groups excluding carboxylic acids is 4. The monoisotopic (exact) mass is 1470 g/mol. The van der Waals surface area contributed by atoms with Crippen molar-refractivity contribution in [1.82, 2.24) is 0 Å². The highest BCUT2D eigenvalue weighted by Crippen LogP contribution is 2.45. The summed E-state index contributed by atoms with van der Waals surface area (Å²) in [6.07, 6.45) is 85.6. The van der Waals surface area contributed by atoms with Crippen molar-refractivity contribution in [3.8, 4) is 0 Å². The van der Waals surface area contributed by atoms with Crippen LogP contribution in [0.3, 0.4) is 0 Å². The predicted octanol–water partition coefficient (Wildman–Crippen LogP) is 22.4. The Bertz CT molecular complexity index is 2550. The van der Waals surface area contributed by atoms with Gasteiger partial charge in [0.25, 0.3) is 0 Å². The molecular formula is C83H136O17P2. The maximum absolute atomic E-state index is 13.1. The van der Waals surface area contributed by atoms with Crippen LogP contribution in [0.4, 0.5) is 0 Å². The van der Waals surface area contributed by atoms with Crippen molar-refractivity contribution in [2.45, 2.75) is 303 Å². The van der Waals surface area contributed by atoms with Crippen LogP contribution >= 0.6 is 15.6 Å². The molecule has 0 saturated carbocycles. The first-order valence-electron chi connectivity index (χ1n) is 38.7. The topological polar surface area (TPSA) is 237 Å². The molecule has 0 aliphatic rings. The van der Waals surface area contributed by atoms with Crippen molar-refractivity contribution in [3.05, 3.63) is 158 Å². The molecule has 5 unspecified atom stereocenters. The Labute approximate surface area is 617 Å². The van der Waals surface area contributed by atoms with Crippen LogP contribution in [-0.4, -0.2) is 96.7 Å². The molecule has 0 rings (SSSR count). The number of phosphoric ester groups is 2. The summed E-state index contributed by atoms with van der Waals surface area (Å²) < 4.78 is 68.3. The normalized spacial score (nSPS) is 14.8. The number of allylic oxidation sites excluding steroid dienone is 25. The molecule has 0 aromatic rings. The molecule has 17 nitrogen and oxygen atoms in total. The molecule has 0 bridgehead atoms. The van der Waals surface area contributed by atoms with Gasteiger partial charge in [0.15, 0.2) is 12.2 Å². The van der Waals surface area contributed by atoms with E-state index in [1.54, 1.807) is 12.2 Å². The predicted molar refractivity (Wildman–Crippen MR) is 417 cm³/mol. The molecular weight excluding hydrogens is 1330 g/mol. The summed E-state index contributed by atoms with van der Waals surface area (Å²) >= 11 is 0. The van der Waals surface area contributed by atoms with Gasteiger partial charge in [0.05, 0.1) is 32.8 Å². The van der Waals surface area contributed by atoms with Gasteiger partial charge in [-0.15, -0.1) is 0 Å². The third-order valence-corrected chi connectivity index (χ3v) is 17.4. The first-order valence-corrected chi connectivity index (χ1v) is 41.7. The Morgan fingerprint density at radius 2 is 0.569 bits per heavy atom. The molecule has 580 valence electrons. The Hall–Kier alpha value is -5.32. The average Bonchev–Trinajstić information content (AvgIpc) is 0.924. The van der Waals surface area contributed by atoms with E-state index in [1.165, 1.54) is 70.6 Å². The standard InChI is InChI=1S/C83H136O17P2/c1-5-9-13-17-21-25-29-33-36-37-38-39-42-45-48-52-56-60-64-68-81(86)94-74-79(100-83(88)70-66-62-58-54-50-46-41-35-31-27-23-19-15-11-7-3)76-98-102(91,92)96-72-77(84)71-95-101(89,90)97-75-78(99-82(87)69-65-61-57-53-49-43-32-28-24-20-16-12-8-4)73-93-80(85)67-63-59-55-51-47-44-40-34-30-26-22-18-14-10-6-2/h9,11,13,15,21-23,25-27,33-36,38-41,45,48,50,54,56,60,62,66,77-79,84H,5-8,10,12,14,16-20,24,28-32,37,42-44,46-47,49,51-53,55,57-59,61,63-65,67-76H2,1-4H3,(H,89,90)(H,91,92)/b13-9-,15-11-,25-21-,26-22-,27-23-,36-33-,39-38-,40-34-,41-35-,48-45-,54-50-,60-56-,66-62-. The van der Waals surface area contributed by atoms with Crippen LogP contribution in [0.25, 0.3) is 0 Å². The largest absolute Gasteiger partial charge is 0.472 e. The Balaban J connectivity index is 5.50. The smallest absolute Gasteiger partial charge is 0.462 e. The second kappa shape index (κ2) is 74.0. The number of carbonyl (C=O) groups is 4. The summed E-state index contributed by atoms with van der Waals surface area (Å²) in [6, 6.07) is 0. The molecule has 0 aromatic heterocycles. The quantitative estimate of drug-likeness (QED) is 0.0169. The molecule has 3 N–H and O–H groups in total. The van der Waals surface area contributed by atoms with Crippen molar-refractivity contribution in [2.75, 3.05) is 39.6 Å². The van der Waals surface area contributed by atoms with Gasteiger partial charge < -0.3 is 33.8 Å². The van der Waals surface area contributed by atoms with Gasteiger partial charge in [-0.2, -0.15) is 0 Å². The van der Waals surface area contributed by atoms with E-state index in [4.69, 9.17) is 37.0 Å².